The van der Waals surface area contributed by atoms with Crippen molar-refractivity contribution in [2.45, 2.75) is 33.6 Å². The van der Waals surface area contributed by atoms with Gasteiger partial charge in [0, 0.05) is 17.8 Å². The van der Waals surface area contributed by atoms with E-state index in [1.54, 1.807) is 4.52 Å². The van der Waals surface area contributed by atoms with Crippen LogP contribution < -0.4 is 10.1 Å². The average Bonchev–Trinajstić information content (AvgIpc) is 3.09. The molecule has 144 valence electrons. The highest BCUT2D eigenvalue weighted by Crippen LogP contribution is 2.18. The van der Waals surface area contributed by atoms with Crippen molar-refractivity contribution in [3.05, 3.63) is 58.5 Å². The minimum absolute atomic E-state index is 0.0374. The maximum Gasteiger partial charge on any atom is 0.220 e. The second-order valence-electron chi connectivity index (χ2n) is 6.68. The number of nitrogens with zero attached hydrogens (tertiary/aromatic N) is 4. The zero-order chi connectivity index (χ0) is 20.1. The van der Waals surface area contributed by atoms with Gasteiger partial charge in [0.25, 0.3) is 0 Å². The van der Waals surface area contributed by atoms with Gasteiger partial charge in [0.2, 0.25) is 5.91 Å². The molecule has 0 atom stereocenters. The van der Waals surface area contributed by atoms with Crippen LogP contribution in [0.2, 0.25) is 0 Å². The highest BCUT2D eigenvalue weighted by molar-refractivity contribution is 5.76. The van der Waals surface area contributed by atoms with Gasteiger partial charge < -0.3 is 10.1 Å². The molecule has 2 aromatic heterocycles. The molecule has 0 saturated heterocycles. The Morgan fingerprint density at radius 1 is 1.25 bits per heavy atom. The van der Waals surface area contributed by atoms with E-state index in [0.29, 0.717) is 37.2 Å². The summed E-state index contributed by atoms with van der Waals surface area (Å²) < 4.78 is 7.27. The van der Waals surface area contributed by atoms with Crippen LogP contribution in [0.3, 0.4) is 0 Å². The lowest BCUT2D eigenvalue weighted by Crippen LogP contribution is -2.28. The summed E-state index contributed by atoms with van der Waals surface area (Å²) in [5.74, 6) is 0.756. The molecule has 0 unspecified atom stereocenters. The van der Waals surface area contributed by atoms with Gasteiger partial charge in [0.1, 0.15) is 24.0 Å². The summed E-state index contributed by atoms with van der Waals surface area (Å²) in [6.45, 7) is 6.72. The van der Waals surface area contributed by atoms with Gasteiger partial charge in [-0.15, -0.1) is 0 Å². The summed E-state index contributed by atoms with van der Waals surface area (Å²) >= 11 is 0. The number of aromatic nitrogens is 3. The minimum atomic E-state index is -0.0374. The van der Waals surface area contributed by atoms with Crippen LogP contribution in [-0.2, 0) is 11.2 Å². The third-order valence-corrected chi connectivity index (χ3v) is 4.65. The van der Waals surface area contributed by atoms with Crippen LogP contribution in [-0.4, -0.2) is 33.7 Å². The molecule has 1 N–H and O–H groups in total. The predicted octanol–water partition coefficient (Wildman–Crippen LogP) is 2.65. The highest BCUT2D eigenvalue weighted by Gasteiger charge is 2.14. The number of aryl methyl sites for hydroxylation is 3. The van der Waals surface area contributed by atoms with Gasteiger partial charge in [-0.3, -0.25) is 4.79 Å². The Morgan fingerprint density at radius 3 is 2.71 bits per heavy atom. The molecule has 0 radical (unpaired) electrons. The summed E-state index contributed by atoms with van der Waals surface area (Å²) in [6.07, 6.45) is 2.43. The predicted molar refractivity (Wildman–Crippen MR) is 105 cm³/mol. The molecule has 0 bridgehead atoms. The van der Waals surface area contributed by atoms with Crippen LogP contribution >= 0.6 is 0 Å². The SMILES string of the molecule is Cc1ccc(OCCNC(=O)CCc2c(C)nc3c(C#N)cnn3c2C)cc1. The van der Waals surface area contributed by atoms with Crippen molar-refractivity contribution in [1.29, 1.82) is 5.26 Å². The van der Waals surface area contributed by atoms with Crippen LogP contribution in [0.15, 0.2) is 30.5 Å². The molecule has 0 aliphatic rings. The zero-order valence-corrected chi connectivity index (χ0v) is 16.3. The second kappa shape index (κ2) is 8.53. The average molecular weight is 377 g/mol. The van der Waals surface area contributed by atoms with Gasteiger partial charge >= 0.3 is 0 Å². The number of fused-ring (bicyclic) bond motifs is 1. The zero-order valence-electron chi connectivity index (χ0n) is 16.3. The minimum Gasteiger partial charge on any atom is -0.492 e. The number of benzene rings is 1. The molecule has 0 spiro atoms. The number of carbonyl (C=O) groups excluding carboxylic acids is 1. The van der Waals surface area contributed by atoms with E-state index >= 15 is 0 Å². The molecule has 0 aliphatic heterocycles. The van der Waals surface area contributed by atoms with E-state index in [-0.39, 0.29) is 5.91 Å². The van der Waals surface area contributed by atoms with Crippen LogP contribution in [0, 0.1) is 32.1 Å². The Morgan fingerprint density at radius 2 is 2.00 bits per heavy atom. The van der Waals surface area contributed by atoms with Gasteiger partial charge in [-0.1, -0.05) is 17.7 Å². The number of nitriles is 1. The molecule has 3 rings (SSSR count). The second-order valence-corrected chi connectivity index (χ2v) is 6.68. The normalized spacial score (nSPS) is 10.6. The first-order valence-corrected chi connectivity index (χ1v) is 9.19. The van der Waals surface area contributed by atoms with Gasteiger partial charge in [0.05, 0.1) is 12.7 Å². The lowest BCUT2D eigenvalue weighted by molar-refractivity contribution is -0.121. The lowest BCUT2D eigenvalue weighted by atomic mass is 10.1. The van der Waals surface area contributed by atoms with E-state index in [1.807, 2.05) is 45.0 Å². The van der Waals surface area contributed by atoms with Crippen LogP contribution in [0.1, 0.15) is 34.5 Å². The first-order valence-electron chi connectivity index (χ1n) is 9.19. The lowest BCUT2D eigenvalue weighted by Gasteiger charge is -2.11. The molecular weight excluding hydrogens is 354 g/mol. The summed E-state index contributed by atoms with van der Waals surface area (Å²) in [6, 6.07) is 9.90. The Kier molecular flexibility index (Phi) is 5.90. The summed E-state index contributed by atoms with van der Waals surface area (Å²) in [4.78, 5) is 16.6. The van der Waals surface area contributed by atoms with Crippen LogP contribution in [0.4, 0.5) is 0 Å². The van der Waals surface area contributed by atoms with Gasteiger partial charge in [-0.05, 0) is 44.9 Å². The fraction of sp³-hybridized carbons (Fsp3) is 0.333. The van der Waals surface area contributed by atoms with Crippen molar-refractivity contribution in [1.82, 2.24) is 19.9 Å². The van der Waals surface area contributed by atoms with Crippen molar-refractivity contribution in [3.8, 4) is 11.8 Å². The van der Waals surface area contributed by atoms with E-state index < -0.39 is 0 Å². The largest absolute Gasteiger partial charge is 0.492 e. The topological polar surface area (TPSA) is 92.3 Å². The third kappa shape index (κ3) is 4.29. The molecule has 0 saturated carbocycles. The number of hydrogen-bond acceptors (Lipinski definition) is 5. The van der Waals surface area contributed by atoms with E-state index in [9.17, 15) is 4.79 Å². The molecule has 0 aliphatic carbocycles. The van der Waals surface area contributed by atoms with E-state index in [4.69, 9.17) is 10.00 Å². The van der Waals surface area contributed by atoms with Gasteiger partial charge in [0.15, 0.2) is 5.65 Å². The highest BCUT2D eigenvalue weighted by atomic mass is 16.5. The van der Waals surface area contributed by atoms with Crippen molar-refractivity contribution in [2.24, 2.45) is 0 Å². The number of rotatable bonds is 7. The first-order chi connectivity index (χ1) is 13.5. The standard InChI is InChI=1S/C21H23N5O2/c1-14-4-6-18(7-5-14)28-11-10-23-20(27)9-8-19-15(2)25-21-17(12-22)13-24-26(21)16(19)3/h4-7,13H,8-11H2,1-3H3,(H,23,27). The van der Waals surface area contributed by atoms with Crippen LogP contribution in [0.5, 0.6) is 5.75 Å². The number of hydrogen-bond donors (Lipinski definition) is 1. The molecular formula is C21H23N5O2. The number of ether oxygens (including phenoxy) is 1. The molecule has 28 heavy (non-hydrogen) atoms. The first kappa shape index (κ1) is 19.4. The van der Waals surface area contributed by atoms with Crippen molar-refractivity contribution < 1.29 is 9.53 Å². The quantitative estimate of drug-likeness (QED) is 0.639. The third-order valence-electron chi connectivity index (χ3n) is 4.65. The van der Waals surface area contributed by atoms with Gasteiger partial charge in [-0.2, -0.15) is 10.4 Å². The van der Waals surface area contributed by atoms with Gasteiger partial charge in [-0.25, -0.2) is 9.50 Å². The molecule has 2 heterocycles. The fourth-order valence-corrected chi connectivity index (χ4v) is 3.07. The molecule has 7 nitrogen and oxygen atoms in total. The molecule has 0 fully saturated rings. The monoisotopic (exact) mass is 377 g/mol. The van der Waals surface area contributed by atoms with Crippen molar-refractivity contribution >= 4 is 11.6 Å². The number of carbonyl (C=O) groups is 1. The number of nitrogens with one attached hydrogen (secondary N) is 1. The van der Waals surface area contributed by atoms with E-state index in [0.717, 1.165) is 22.7 Å². The Bertz CT molecular complexity index is 1030. The fourth-order valence-electron chi connectivity index (χ4n) is 3.07. The summed E-state index contributed by atoms with van der Waals surface area (Å²) in [5.41, 5.74) is 4.88. The molecule has 1 amide bonds. The Balaban J connectivity index is 1.52. The van der Waals surface area contributed by atoms with Crippen molar-refractivity contribution in [2.75, 3.05) is 13.2 Å². The summed E-state index contributed by atoms with van der Waals surface area (Å²) in [7, 11) is 0. The molecule has 1 aromatic carbocycles. The van der Waals surface area contributed by atoms with E-state index in [2.05, 4.69) is 21.5 Å². The molecule has 3 aromatic rings. The number of amides is 1. The van der Waals surface area contributed by atoms with E-state index in [1.165, 1.54) is 11.8 Å². The Hall–Kier alpha value is -3.40. The Labute approximate surface area is 164 Å². The van der Waals surface area contributed by atoms with Crippen LogP contribution in [0.25, 0.3) is 5.65 Å². The maximum absolute atomic E-state index is 12.2. The summed E-state index contributed by atoms with van der Waals surface area (Å²) in [5, 5.41) is 16.2. The smallest absolute Gasteiger partial charge is 0.220 e. The van der Waals surface area contributed by atoms with Crippen molar-refractivity contribution in [3.63, 3.8) is 0 Å². The molecule has 7 heteroatoms. The maximum atomic E-state index is 12.2.